The third-order valence-electron chi connectivity index (χ3n) is 12.8. The van der Waals surface area contributed by atoms with Gasteiger partial charge in [0.15, 0.2) is 0 Å². The van der Waals surface area contributed by atoms with Crippen molar-refractivity contribution in [3.8, 4) is 55.6 Å². The highest BCUT2D eigenvalue weighted by Crippen LogP contribution is 2.56. The van der Waals surface area contributed by atoms with Crippen LogP contribution in [-0.2, 0) is 10.8 Å². The van der Waals surface area contributed by atoms with Gasteiger partial charge in [-0.25, -0.2) is 0 Å². The van der Waals surface area contributed by atoms with E-state index in [9.17, 15) is 0 Å². The molecule has 0 radical (unpaired) electrons. The number of hydrogen-bond acceptors (Lipinski definition) is 0. The smallest absolute Gasteiger partial charge is 0.0159 e. The Hall–Kier alpha value is -6.24. The Morgan fingerprint density at radius 1 is 0.278 bits per heavy atom. The average Bonchev–Trinajstić information content (AvgIpc) is 3.57. The van der Waals surface area contributed by atoms with Gasteiger partial charge >= 0.3 is 0 Å². The molecule has 0 amide bonds. The number of hydrogen-bond donors (Lipinski definition) is 0. The van der Waals surface area contributed by atoms with Crippen LogP contribution in [0.5, 0.6) is 0 Å². The molecule has 0 nitrogen and oxygen atoms in total. The summed E-state index contributed by atoms with van der Waals surface area (Å²) in [7, 11) is 0. The minimum absolute atomic E-state index is 0.0249. The van der Waals surface area contributed by atoms with E-state index in [4.69, 9.17) is 0 Å². The van der Waals surface area contributed by atoms with Crippen LogP contribution in [0.25, 0.3) is 88.0 Å². The Morgan fingerprint density at radius 3 is 1.44 bits per heavy atom. The van der Waals surface area contributed by atoms with E-state index >= 15 is 0 Å². The fraction of sp³-hybridized carbons (Fsp3) is 0.111. The summed E-state index contributed by atoms with van der Waals surface area (Å²) < 4.78 is 0. The standard InChI is InChI=1S/C54H40/c1-53(2)47-25-15-14-20-38(47)44-31-50-45(32-49(44)53)39-27-26-34(30-48(39)54(50,3)4)36-28-35-18-8-9-19-37(35)46(29-36)52-42-23-12-10-21-40(42)51(33-16-6-5-7-17-33)41-22-11-13-24-43(41)52/h5-32H,1-4H3. The van der Waals surface area contributed by atoms with Crippen molar-refractivity contribution < 1.29 is 0 Å². The summed E-state index contributed by atoms with van der Waals surface area (Å²) in [6, 6.07) is 63.9. The fourth-order valence-electron chi connectivity index (χ4n) is 10.1. The molecule has 2 aliphatic rings. The second kappa shape index (κ2) is 11.1. The molecule has 256 valence electrons. The maximum absolute atomic E-state index is 2.52. The van der Waals surface area contributed by atoms with Crippen LogP contribution in [0.4, 0.5) is 0 Å². The maximum Gasteiger partial charge on any atom is 0.0159 e. The molecular weight excluding hydrogens is 649 g/mol. The van der Waals surface area contributed by atoms with Crippen LogP contribution in [0.3, 0.4) is 0 Å². The van der Waals surface area contributed by atoms with Crippen molar-refractivity contribution in [2.75, 3.05) is 0 Å². The Labute approximate surface area is 317 Å². The van der Waals surface area contributed by atoms with Gasteiger partial charge in [0, 0.05) is 10.8 Å². The normalized spacial score (nSPS) is 14.6. The third-order valence-corrected chi connectivity index (χ3v) is 12.8. The Bertz CT molecular complexity index is 2970. The van der Waals surface area contributed by atoms with Crippen LogP contribution in [0.2, 0.25) is 0 Å². The number of fused-ring (bicyclic) bond motifs is 9. The quantitative estimate of drug-likeness (QED) is 0.162. The third kappa shape index (κ3) is 4.26. The number of benzene rings is 9. The second-order valence-corrected chi connectivity index (χ2v) is 16.5. The minimum atomic E-state index is -0.128. The van der Waals surface area contributed by atoms with Crippen LogP contribution < -0.4 is 0 Å². The lowest BCUT2D eigenvalue weighted by Crippen LogP contribution is -2.17. The van der Waals surface area contributed by atoms with Gasteiger partial charge in [-0.1, -0.05) is 167 Å². The highest BCUT2D eigenvalue weighted by atomic mass is 14.4. The van der Waals surface area contributed by atoms with Gasteiger partial charge in [-0.2, -0.15) is 0 Å². The van der Waals surface area contributed by atoms with Gasteiger partial charge in [0.25, 0.3) is 0 Å². The lowest BCUT2D eigenvalue weighted by atomic mass is 9.79. The van der Waals surface area contributed by atoms with Gasteiger partial charge in [-0.3, -0.25) is 0 Å². The first-order chi connectivity index (χ1) is 26.3. The number of rotatable bonds is 3. The van der Waals surface area contributed by atoms with Crippen LogP contribution in [0.15, 0.2) is 170 Å². The topological polar surface area (TPSA) is 0 Å². The molecule has 11 rings (SSSR count). The minimum Gasteiger partial charge on any atom is -0.0622 e. The van der Waals surface area contributed by atoms with Crippen molar-refractivity contribution in [1.82, 2.24) is 0 Å². The zero-order valence-electron chi connectivity index (χ0n) is 31.2. The molecule has 2 aliphatic carbocycles. The highest BCUT2D eigenvalue weighted by molar-refractivity contribution is 6.23. The SMILES string of the molecule is CC1(C)c2ccccc2-c2cc3c(cc21)-c1ccc(-c2cc(-c4c5ccccc5c(-c5ccccc5)c5ccccc45)c4ccccc4c2)cc1C3(C)C. The first kappa shape index (κ1) is 31.3. The van der Waals surface area contributed by atoms with E-state index in [-0.39, 0.29) is 10.8 Å². The van der Waals surface area contributed by atoms with Crippen LogP contribution in [0.1, 0.15) is 49.9 Å². The van der Waals surface area contributed by atoms with Gasteiger partial charge in [-0.05, 0) is 141 Å². The summed E-state index contributed by atoms with van der Waals surface area (Å²) in [6.07, 6.45) is 0. The summed E-state index contributed by atoms with van der Waals surface area (Å²) in [5.41, 5.74) is 18.7. The van der Waals surface area contributed by atoms with Crippen molar-refractivity contribution in [3.05, 3.63) is 192 Å². The van der Waals surface area contributed by atoms with Crippen molar-refractivity contribution in [3.63, 3.8) is 0 Å². The van der Waals surface area contributed by atoms with Gasteiger partial charge in [0.2, 0.25) is 0 Å². The summed E-state index contributed by atoms with van der Waals surface area (Å²) in [4.78, 5) is 0. The Balaban J connectivity index is 1.13. The molecule has 0 bridgehead atoms. The van der Waals surface area contributed by atoms with Crippen molar-refractivity contribution in [2.45, 2.75) is 38.5 Å². The summed E-state index contributed by atoms with van der Waals surface area (Å²) in [5, 5.41) is 7.64. The Morgan fingerprint density at radius 2 is 0.778 bits per heavy atom. The molecular formula is C54H40. The van der Waals surface area contributed by atoms with Gasteiger partial charge in [-0.15, -0.1) is 0 Å². The molecule has 9 aromatic carbocycles. The van der Waals surface area contributed by atoms with E-state index in [0.717, 1.165) is 0 Å². The molecule has 0 N–H and O–H groups in total. The van der Waals surface area contributed by atoms with Crippen molar-refractivity contribution in [1.29, 1.82) is 0 Å². The van der Waals surface area contributed by atoms with Gasteiger partial charge in [0.1, 0.15) is 0 Å². The largest absolute Gasteiger partial charge is 0.0622 e. The van der Waals surface area contributed by atoms with Gasteiger partial charge in [0.05, 0.1) is 0 Å². The van der Waals surface area contributed by atoms with Crippen molar-refractivity contribution in [2.24, 2.45) is 0 Å². The predicted molar refractivity (Wildman–Crippen MR) is 230 cm³/mol. The first-order valence-corrected chi connectivity index (χ1v) is 19.3. The van der Waals surface area contributed by atoms with Crippen LogP contribution in [-0.4, -0.2) is 0 Å². The van der Waals surface area contributed by atoms with E-state index in [0.29, 0.717) is 0 Å². The van der Waals surface area contributed by atoms with Crippen molar-refractivity contribution >= 4 is 32.3 Å². The van der Waals surface area contributed by atoms with E-state index in [1.165, 1.54) is 110 Å². The van der Waals surface area contributed by atoms with E-state index < -0.39 is 0 Å². The lowest BCUT2D eigenvalue weighted by molar-refractivity contribution is 0.652. The second-order valence-electron chi connectivity index (χ2n) is 16.5. The molecule has 9 aromatic rings. The molecule has 0 aromatic heterocycles. The summed E-state index contributed by atoms with van der Waals surface area (Å²) >= 11 is 0. The first-order valence-electron chi connectivity index (χ1n) is 19.3. The highest BCUT2D eigenvalue weighted by Gasteiger charge is 2.41. The molecule has 0 heteroatoms. The lowest BCUT2D eigenvalue weighted by Gasteiger charge is -2.24. The van der Waals surface area contributed by atoms with Crippen LogP contribution in [0, 0.1) is 0 Å². The molecule has 0 aliphatic heterocycles. The zero-order chi connectivity index (χ0) is 36.3. The molecule has 0 unspecified atom stereocenters. The molecule has 54 heavy (non-hydrogen) atoms. The summed E-state index contributed by atoms with van der Waals surface area (Å²) in [5.74, 6) is 0. The monoisotopic (exact) mass is 688 g/mol. The molecule has 0 atom stereocenters. The average molecular weight is 689 g/mol. The fourth-order valence-corrected chi connectivity index (χ4v) is 10.1. The van der Waals surface area contributed by atoms with Gasteiger partial charge < -0.3 is 0 Å². The molecule has 0 fully saturated rings. The Kier molecular flexibility index (Phi) is 6.46. The predicted octanol–water partition coefficient (Wildman–Crippen LogP) is 14.8. The zero-order valence-corrected chi connectivity index (χ0v) is 31.2. The molecule has 0 saturated heterocycles. The maximum atomic E-state index is 2.52. The van der Waals surface area contributed by atoms with E-state index in [2.05, 4.69) is 198 Å². The van der Waals surface area contributed by atoms with Crippen LogP contribution >= 0.6 is 0 Å². The van der Waals surface area contributed by atoms with E-state index in [1.54, 1.807) is 0 Å². The van der Waals surface area contributed by atoms with E-state index in [1.807, 2.05) is 0 Å². The molecule has 0 saturated carbocycles. The molecule has 0 spiro atoms. The molecule has 0 heterocycles. The summed E-state index contributed by atoms with van der Waals surface area (Å²) in [6.45, 7) is 9.59.